The molecule has 3 aromatic carbocycles. The summed E-state index contributed by atoms with van der Waals surface area (Å²) in [5.41, 5.74) is 10.9. The Labute approximate surface area is 253 Å². The van der Waals surface area contributed by atoms with Crippen LogP contribution in [0.2, 0.25) is 0 Å². The lowest BCUT2D eigenvalue weighted by atomic mass is 9.75. The lowest BCUT2D eigenvalue weighted by molar-refractivity contribution is 0.554. The highest BCUT2D eigenvalue weighted by atomic mass is 31.2. The maximum atomic E-state index is 16.1. The second-order valence-corrected chi connectivity index (χ2v) is 19.9. The van der Waals surface area contributed by atoms with Gasteiger partial charge in [0.05, 0.1) is 0 Å². The zero-order valence-electron chi connectivity index (χ0n) is 28.8. The zero-order chi connectivity index (χ0) is 31.5. The molecule has 0 saturated carbocycles. The highest BCUT2D eigenvalue weighted by Crippen LogP contribution is 2.51. The molecule has 0 saturated heterocycles. The molecule has 0 aromatic heterocycles. The predicted octanol–water partition coefficient (Wildman–Crippen LogP) is 10.2. The van der Waals surface area contributed by atoms with Gasteiger partial charge in [-0.25, -0.2) is 0 Å². The van der Waals surface area contributed by atoms with Crippen LogP contribution >= 0.6 is 15.3 Å². The van der Waals surface area contributed by atoms with Crippen molar-refractivity contribution < 1.29 is 4.57 Å². The summed E-state index contributed by atoms with van der Waals surface area (Å²) in [5, 5.41) is 4.40. The van der Waals surface area contributed by atoms with Crippen LogP contribution in [0.15, 0.2) is 36.4 Å². The number of hydrogen-bond donors (Lipinski definition) is 0. The van der Waals surface area contributed by atoms with E-state index < -0.39 is 7.14 Å². The first kappa shape index (κ1) is 33.6. The van der Waals surface area contributed by atoms with Gasteiger partial charge >= 0.3 is 0 Å². The van der Waals surface area contributed by atoms with Crippen LogP contribution in [-0.4, -0.2) is 5.03 Å². The quantitative estimate of drug-likeness (QED) is 0.277. The van der Waals surface area contributed by atoms with E-state index in [9.17, 15) is 0 Å². The Morgan fingerprint density at radius 2 is 0.878 bits per heavy atom. The van der Waals surface area contributed by atoms with E-state index in [1.165, 1.54) is 33.1 Å². The highest BCUT2D eigenvalue weighted by molar-refractivity contribution is 8.00. The molecule has 0 amide bonds. The summed E-state index contributed by atoms with van der Waals surface area (Å²) in [4.78, 5) is 0. The monoisotopic (exact) mass is 588 g/mol. The second-order valence-electron chi connectivity index (χ2n) is 15.4. The summed E-state index contributed by atoms with van der Waals surface area (Å²) in [5.74, 6) is 0. The van der Waals surface area contributed by atoms with Gasteiger partial charge in [-0.3, -0.25) is 0 Å². The van der Waals surface area contributed by atoms with E-state index in [0.717, 1.165) is 46.1 Å². The molecule has 0 unspecified atom stereocenters. The van der Waals surface area contributed by atoms with Gasteiger partial charge in [0.25, 0.3) is 0 Å². The van der Waals surface area contributed by atoms with Gasteiger partial charge in [0, 0.05) is 20.9 Å². The standard InChI is InChI=1S/C38H54OP2/c1-23-17-25(3)34(26(4)18-23)41(39,35-27(5)19-24(2)20-28(35)6)29(7)40-33-31(37(11,12)13)21-30(36(8,9)10)22-32(33)38(14,15)16/h17-22H,1-16H3. The molecule has 0 heterocycles. The summed E-state index contributed by atoms with van der Waals surface area (Å²) in [6.07, 6.45) is 0. The molecule has 0 aliphatic heterocycles. The Hall–Kier alpha value is -1.94. The molecule has 0 spiro atoms. The van der Waals surface area contributed by atoms with Crippen LogP contribution in [0.5, 0.6) is 0 Å². The maximum absolute atomic E-state index is 16.1. The van der Waals surface area contributed by atoms with Gasteiger partial charge in [-0.2, -0.15) is 0 Å². The third-order valence-corrected chi connectivity index (χ3v) is 14.0. The highest BCUT2D eigenvalue weighted by Gasteiger charge is 2.37. The lowest BCUT2D eigenvalue weighted by Gasteiger charge is -2.33. The summed E-state index contributed by atoms with van der Waals surface area (Å²) < 4.78 is 16.1. The summed E-state index contributed by atoms with van der Waals surface area (Å²) in [7, 11) is -2.10. The van der Waals surface area contributed by atoms with Crippen molar-refractivity contribution >= 4 is 36.3 Å². The van der Waals surface area contributed by atoms with Crippen molar-refractivity contribution in [2.24, 2.45) is 0 Å². The van der Waals surface area contributed by atoms with Gasteiger partial charge in [-0.05, 0) is 104 Å². The van der Waals surface area contributed by atoms with Gasteiger partial charge in [0.15, 0.2) is 7.14 Å². The Bertz CT molecular complexity index is 1420. The van der Waals surface area contributed by atoms with Crippen LogP contribution < -0.4 is 15.9 Å². The predicted molar refractivity (Wildman–Crippen MR) is 188 cm³/mol. The fraction of sp³-hybridized carbons (Fsp3) is 0.500. The Morgan fingerprint density at radius 3 is 1.15 bits per heavy atom. The maximum Gasteiger partial charge on any atom is 0.172 e. The molecule has 0 N–H and O–H groups in total. The van der Waals surface area contributed by atoms with Gasteiger partial charge in [-0.1, -0.05) is 118 Å². The molecule has 0 atom stereocenters. The first-order chi connectivity index (χ1) is 18.5. The third kappa shape index (κ3) is 6.68. The first-order valence-electron chi connectivity index (χ1n) is 15.0. The molecule has 3 heteroatoms. The topological polar surface area (TPSA) is 17.1 Å². The Morgan fingerprint density at radius 1 is 0.561 bits per heavy atom. The van der Waals surface area contributed by atoms with Gasteiger partial charge < -0.3 is 4.57 Å². The van der Waals surface area contributed by atoms with E-state index in [4.69, 9.17) is 0 Å². The molecule has 0 aliphatic rings. The molecule has 0 radical (unpaired) electrons. The third-order valence-electron chi connectivity index (χ3n) is 8.22. The van der Waals surface area contributed by atoms with Gasteiger partial charge in [0.1, 0.15) is 0 Å². The molecule has 41 heavy (non-hydrogen) atoms. The van der Waals surface area contributed by atoms with E-state index >= 15 is 4.57 Å². The van der Waals surface area contributed by atoms with E-state index in [1.54, 1.807) is 0 Å². The van der Waals surface area contributed by atoms with Crippen molar-refractivity contribution in [3.8, 4) is 0 Å². The molecule has 3 rings (SSSR count). The van der Waals surface area contributed by atoms with Crippen LogP contribution in [0.1, 0.15) is 119 Å². The van der Waals surface area contributed by atoms with Crippen molar-refractivity contribution in [1.29, 1.82) is 0 Å². The van der Waals surface area contributed by atoms with Crippen molar-refractivity contribution in [3.63, 3.8) is 0 Å². The lowest BCUT2D eigenvalue weighted by Crippen LogP contribution is -2.31. The van der Waals surface area contributed by atoms with Crippen LogP contribution in [0.3, 0.4) is 0 Å². The Balaban J connectivity index is 2.59. The molecule has 0 bridgehead atoms. The van der Waals surface area contributed by atoms with Crippen molar-refractivity contribution in [3.05, 3.63) is 86.5 Å². The van der Waals surface area contributed by atoms with E-state index in [-0.39, 0.29) is 16.2 Å². The number of rotatable bonds is 4. The SMILES string of the molecule is CC(=Pc1c(C(C)(C)C)cc(C(C)(C)C)cc1C(C)(C)C)P(=O)(c1c(C)cc(C)cc1C)c1c(C)cc(C)cc1C. The normalized spacial score (nSPS) is 13.6. The fourth-order valence-electron chi connectivity index (χ4n) is 6.34. The van der Waals surface area contributed by atoms with Crippen molar-refractivity contribution in [1.82, 2.24) is 0 Å². The van der Waals surface area contributed by atoms with Crippen LogP contribution in [0.25, 0.3) is 0 Å². The number of aryl methyl sites for hydroxylation is 6. The average Bonchev–Trinajstić information content (AvgIpc) is 2.75. The minimum absolute atomic E-state index is 0.0374. The minimum Gasteiger partial charge on any atom is -0.309 e. The summed E-state index contributed by atoms with van der Waals surface area (Å²) in [6, 6.07) is 13.7. The average molecular weight is 589 g/mol. The zero-order valence-corrected chi connectivity index (χ0v) is 30.6. The van der Waals surface area contributed by atoms with Crippen LogP contribution in [0.4, 0.5) is 0 Å². The number of benzene rings is 3. The van der Waals surface area contributed by atoms with Crippen LogP contribution in [-0.2, 0) is 20.8 Å². The van der Waals surface area contributed by atoms with E-state index in [1.807, 2.05) is 0 Å². The first-order valence-corrected chi connectivity index (χ1v) is 17.6. The summed E-state index contributed by atoms with van der Waals surface area (Å²) in [6.45, 7) is 35.8. The molecule has 0 fully saturated rings. The van der Waals surface area contributed by atoms with Crippen molar-refractivity contribution in [2.45, 2.75) is 127 Å². The largest absolute Gasteiger partial charge is 0.309 e. The molecule has 1 nitrogen and oxygen atoms in total. The fourth-order valence-corrected chi connectivity index (χ4v) is 12.3. The molecule has 3 aromatic rings. The van der Waals surface area contributed by atoms with Crippen molar-refractivity contribution in [2.75, 3.05) is 0 Å². The Kier molecular flexibility index (Phi) is 9.24. The molecular weight excluding hydrogens is 534 g/mol. The number of hydrogen-bond acceptors (Lipinski definition) is 1. The molecular formula is C38H54OP2. The second kappa shape index (κ2) is 11.3. The minimum atomic E-state index is -3.16. The van der Waals surface area contributed by atoms with Crippen LogP contribution in [0, 0.1) is 41.5 Å². The smallest absolute Gasteiger partial charge is 0.172 e. The van der Waals surface area contributed by atoms with Gasteiger partial charge in [-0.15, -0.1) is 0 Å². The summed E-state index contributed by atoms with van der Waals surface area (Å²) >= 11 is 0. The molecule has 222 valence electrons. The molecule has 0 aliphatic carbocycles. The van der Waals surface area contributed by atoms with E-state index in [0.29, 0.717) is 0 Å². The van der Waals surface area contributed by atoms with E-state index in [2.05, 4.69) is 147 Å². The van der Waals surface area contributed by atoms with Gasteiger partial charge in [0.2, 0.25) is 0 Å².